The van der Waals surface area contributed by atoms with E-state index < -0.39 is 0 Å². The van der Waals surface area contributed by atoms with Gasteiger partial charge >= 0.3 is 0 Å². The molecule has 0 radical (unpaired) electrons. The Morgan fingerprint density at radius 1 is 1.71 bits per heavy atom. The lowest BCUT2D eigenvalue weighted by Gasteiger charge is -2.28. The molecule has 1 aromatic heterocycles. The van der Waals surface area contributed by atoms with E-state index in [-0.39, 0.29) is 6.04 Å². The second kappa shape index (κ2) is 4.25. The van der Waals surface area contributed by atoms with Gasteiger partial charge in [-0.15, -0.1) is 0 Å². The predicted molar refractivity (Wildman–Crippen MR) is 56.9 cm³/mol. The van der Waals surface area contributed by atoms with Gasteiger partial charge in [0.1, 0.15) is 0 Å². The minimum absolute atomic E-state index is 0.175. The standard InChI is InChI=1S/C9H15N3OS/c1-13-9-7(5-14-12-9)6-2-3-11-4-8(6)10/h5-6,8,11H,2-4,10H2,1H3. The first-order valence-corrected chi connectivity index (χ1v) is 5.61. The maximum Gasteiger partial charge on any atom is 0.228 e. The van der Waals surface area contributed by atoms with E-state index >= 15 is 0 Å². The molecule has 0 aromatic carbocycles. The monoisotopic (exact) mass is 213 g/mol. The second-order valence-corrected chi connectivity index (χ2v) is 4.17. The second-order valence-electron chi connectivity index (χ2n) is 3.54. The molecule has 4 nitrogen and oxygen atoms in total. The van der Waals surface area contributed by atoms with Gasteiger partial charge in [0, 0.05) is 29.4 Å². The van der Waals surface area contributed by atoms with E-state index in [1.54, 1.807) is 7.11 Å². The molecule has 78 valence electrons. The van der Waals surface area contributed by atoms with Crippen LogP contribution in [0, 0.1) is 0 Å². The number of hydrogen-bond donors (Lipinski definition) is 2. The fourth-order valence-corrected chi connectivity index (χ4v) is 2.62. The van der Waals surface area contributed by atoms with E-state index in [0.29, 0.717) is 5.92 Å². The van der Waals surface area contributed by atoms with Gasteiger partial charge < -0.3 is 15.8 Å². The zero-order chi connectivity index (χ0) is 9.97. The van der Waals surface area contributed by atoms with Crippen molar-refractivity contribution < 1.29 is 4.74 Å². The SMILES string of the molecule is COc1nscc1C1CCNCC1N. The molecule has 3 N–H and O–H groups in total. The van der Waals surface area contributed by atoms with Crippen LogP contribution in [0.15, 0.2) is 5.38 Å². The summed E-state index contributed by atoms with van der Waals surface area (Å²) in [6.45, 7) is 1.90. The highest BCUT2D eigenvalue weighted by atomic mass is 32.1. The zero-order valence-corrected chi connectivity index (χ0v) is 9.01. The molecule has 0 bridgehead atoms. The van der Waals surface area contributed by atoms with Gasteiger partial charge in [0.25, 0.3) is 0 Å². The number of piperidine rings is 1. The average molecular weight is 213 g/mol. The van der Waals surface area contributed by atoms with Gasteiger partial charge in [0.2, 0.25) is 5.88 Å². The van der Waals surface area contributed by atoms with Crippen molar-refractivity contribution in [3.05, 3.63) is 10.9 Å². The molecule has 1 aliphatic rings. The Hall–Kier alpha value is -0.650. The molecular formula is C9H15N3OS. The zero-order valence-electron chi connectivity index (χ0n) is 8.19. The highest BCUT2D eigenvalue weighted by Gasteiger charge is 2.26. The van der Waals surface area contributed by atoms with Crippen LogP contribution in [0.1, 0.15) is 17.9 Å². The van der Waals surface area contributed by atoms with E-state index in [9.17, 15) is 0 Å². The van der Waals surface area contributed by atoms with Gasteiger partial charge in [-0.3, -0.25) is 0 Å². The average Bonchev–Trinajstić information content (AvgIpc) is 2.66. The number of aromatic nitrogens is 1. The number of hydrogen-bond acceptors (Lipinski definition) is 5. The van der Waals surface area contributed by atoms with Gasteiger partial charge in [0.15, 0.2) is 0 Å². The largest absolute Gasteiger partial charge is 0.480 e. The summed E-state index contributed by atoms with van der Waals surface area (Å²) >= 11 is 1.44. The van der Waals surface area contributed by atoms with E-state index in [1.807, 2.05) is 0 Å². The molecule has 2 atom stereocenters. The maximum atomic E-state index is 6.05. The summed E-state index contributed by atoms with van der Waals surface area (Å²) in [5, 5.41) is 5.33. The molecule has 2 unspecified atom stereocenters. The Labute approximate surface area is 87.6 Å². The van der Waals surface area contributed by atoms with E-state index in [2.05, 4.69) is 15.1 Å². The van der Waals surface area contributed by atoms with E-state index in [1.165, 1.54) is 17.1 Å². The minimum Gasteiger partial charge on any atom is -0.480 e. The van der Waals surface area contributed by atoms with Crippen LogP contribution < -0.4 is 15.8 Å². The first-order valence-electron chi connectivity index (χ1n) is 4.77. The van der Waals surface area contributed by atoms with Crippen LogP contribution in [0.2, 0.25) is 0 Å². The number of nitrogens with zero attached hydrogens (tertiary/aromatic N) is 1. The van der Waals surface area contributed by atoms with Crippen molar-refractivity contribution in [1.29, 1.82) is 0 Å². The number of nitrogens with one attached hydrogen (secondary N) is 1. The summed E-state index contributed by atoms with van der Waals surface area (Å²) in [5.41, 5.74) is 7.23. The normalized spacial score (nSPS) is 27.6. The summed E-state index contributed by atoms with van der Waals surface area (Å²) in [6, 6.07) is 0.175. The molecule has 1 saturated heterocycles. The van der Waals surface area contributed by atoms with Crippen molar-refractivity contribution >= 4 is 11.5 Å². The van der Waals surface area contributed by atoms with Crippen molar-refractivity contribution in [2.75, 3.05) is 20.2 Å². The van der Waals surface area contributed by atoms with Crippen LogP contribution in [0.5, 0.6) is 5.88 Å². The molecule has 1 fully saturated rings. The molecular weight excluding hydrogens is 198 g/mol. The number of ether oxygens (including phenoxy) is 1. The van der Waals surface area contributed by atoms with Crippen molar-refractivity contribution in [2.24, 2.45) is 5.73 Å². The van der Waals surface area contributed by atoms with Gasteiger partial charge in [-0.05, 0) is 24.5 Å². The molecule has 1 aromatic rings. The third-order valence-corrected chi connectivity index (χ3v) is 3.31. The predicted octanol–water partition coefficient (Wildman–Crippen LogP) is 0.556. The van der Waals surface area contributed by atoms with Crippen LogP contribution >= 0.6 is 11.5 Å². The first kappa shape index (κ1) is 9.89. The molecule has 1 aliphatic heterocycles. The van der Waals surface area contributed by atoms with Crippen molar-refractivity contribution in [3.63, 3.8) is 0 Å². The van der Waals surface area contributed by atoms with Gasteiger partial charge in [-0.2, -0.15) is 4.37 Å². The third kappa shape index (κ3) is 1.75. The molecule has 14 heavy (non-hydrogen) atoms. The van der Waals surface area contributed by atoms with Gasteiger partial charge in [-0.25, -0.2) is 0 Å². The smallest absolute Gasteiger partial charge is 0.228 e. The Morgan fingerprint density at radius 3 is 3.29 bits per heavy atom. The lowest BCUT2D eigenvalue weighted by molar-refractivity contribution is 0.365. The molecule has 5 heteroatoms. The van der Waals surface area contributed by atoms with Crippen LogP contribution in [-0.4, -0.2) is 30.6 Å². The fourth-order valence-electron chi connectivity index (χ4n) is 1.90. The van der Waals surface area contributed by atoms with Crippen molar-refractivity contribution in [2.45, 2.75) is 18.4 Å². The summed E-state index contributed by atoms with van der Waals surface area (Å²) in [6.07, 6.45) is 1.07. The Bertz CT molecular complexity index is 302. The van der Waals surface area contributed by atoms with Crippen LogP contribution in [0.4, 0.5) is 0 Å². The van der Waals surface area contributed by atoms with E-state index in [0.717, 1.165) is 25.4 Å². The summed E-state index contributed by atoms with van der Waals surface area (Å²) in [4.78, 5) is 0. The van der Waals surface area contributed by atoms with Crippen LogP contribution in [-0.2, 0) is 0 Å². The highest BCUT2D eigenvalue weighted by molar-refractivity contribution is 7.03. The molecule has 0 amide bonds. The molecule has 0 aliphatic carbocycles. The number of methoxy groups -OCH3 is 1. The highest BCUT2D eigenvalue weighted by Crippen LogP contribution is 2.32. The summed E-state index contributed by atoms with van der Waals surface area (Å²) < 4.78 is 9.40. The van der Waals surface area contributed by atoms with Gasteiger partial charge in [0.05, 0.1) is 7.11 Å². The van der Waals surface area contributed by atoms with Crippen molar-refractivity contribution in [1.82, 2.24) is 9.69 Å². The maximum absolute atomic E-state index is 6.05. The Kier molecular flexibility index (Phi) is 3.00. The Morgan fingerprint density at radius 2 is 2.57 bits per heavy atom. The van der Waals surface area contributed by atoms with Crippen molar-refractivity contribution in [3.8, 4) is 5.88 Å². The van der Waals surface area contributed by atoms with Crippen LogP contribution in [0.3, 0.4) is 0 Å². The number of nitrogens with two attached hydrogens (primary N) is 1. The first-order chi connectivity index (χ1) is 6.83. The molecule has 0 saturated carbocycles. The third-order valence-electron chi connectivity index (χ3n) is 2.68. The summed E-state index contributed by atoms with van der Waals surface area (Å²) in [7, 11) is 1.66. The Balaban J connectivity index is 2.20. The lowest BCUT2D eigenvalue weighted by Crippen LogP contribution is -2.44. The topological polar surface area (TPSA) is 60.2 Å². The summed E-state index contributed by atoms with van der Waals surface area (Å²) in [5.74, 6) is 1.14. The molecule has 2 rings (SSSR count). The number of rotatable bonds is 2. The molecule has 0 spiro atoms. The molecule has 2 heterocycles. The fraction of sp³-hybridized carbons (Fsp3) is 0.667. The lowest BCUT2D eigenvalue weighted by atomic mass is 9.88. The van der Waals surface area contributed by atoms with E-state index in [4.69, 9.17) is 10.5 Å². The quantitative estimate of drug-likeness (QED) is 0.753. The van der Waals surface area contributed by atoms with Gasteiger partial charge in [-0.1, -0.05) is 0 Å². The minimum atomic E-state index is 0.175. The van der Waals surface area contributed by atoms with Crippen LogP contribution in [0.25, 0.3) is 0 Å².